The maximum atomic E-state index is 13.5. The molecule has 0 saturated carbocycles. The first-order valence-electron chi connectivity index (χ1n) is 9.12. The van der Waals surface area contributed by atoms with Gasteiger partial charge in [-0.15, -0.1) is 0 Å². The van der Waals surface area contributed by atoms with Crippen LogP contribution in [0.3, 0.4) is 0 Å². The molecule has 9 heteroatoms. The van der Waals surface area contributed by atoms with E-state index < -0.39 is 23.0 Å². The number of ether oxygens (including phenoxy) is 1. The lowest BCUT2D eigenvalue weighted by molar-refractivity contribution is -0.122. The quantitative estimate of drug-likeness (QED) is 0.659. The number of carbonyl (C=O) groups is 3. The summed E-state index contributed by atoms with van der Waals surface area (Å²) in [5.41, 5.74) is 1.13. The number of hydrogen-bond acceptors (Lipinski definition) is 5. The Balaban J connectivity index is 1.48. The van der Waals surface area contributed by atoms with E-state index in [0.717, 1.165) is 22.2 Å². The lowest BCUT2D eigenvalue weighted by Crippen LogP contribution is -2.41. The van der Waals surface area contributed by atoms with Crippen molar-refractivity contribution < 1.29 is 23.5 Å². The molecule has 1 aliphatic rings. The molecule has 1 aliphatic heterocycles. The van der Waals surface area contributed by atoms with Crippen molar-refractivity contribution in [3.05, 3.63) is 70.4 Å². The number of halogens is 1. The summed E-state index contributed by atoms with van der Waals surface area (Å²) < 4.78 is 18.6. The summed E-state index contributed by atoms with van der Waals surface area (Å²) in [6, 6.07) is 12.7. The minimum absolute atomic E-state index is 0.0324. The van der Waals surface area contributed by atoms with E-state index in [9.17, 15) is 18.8 Å². The number of benzene rings is 2. The van der Waals surface area contributed by atoms with Crippen molar-refractivity contribution >= 4 is 35.0 Å². The van der Waals surface area contributed by atoms with Crippen LogP contribution in [-0.2, 0) is 11.3 Å². The lowest BCUT2D eigenvalue weighted by atomic mass is 10.2. The Morgan fingerprint density at radius 2 is 1.87 bits per heavy atom. The van der Waals surface area contributed by atoms with E-state index in [1.54, 1.807) is 55.7 Å². The first kappa shape index (κ1) is 21.4. The fraction of sp³-hybridized carbons (Fsp3) is 0.190. The van der Waals surface area contributed by atoms with Crippen molar-refractivity contribution in [2.75, 3.05) is 20.2 Å². The van der Waals surface area contributed by atoms with Gasteiger partial charge in [-0.25, -0.2) is 9.18 Å². The normalized spacial score (nSPS) is 14.9. The number of carbonyl (C=O) groups excluding carboxylic acids is 3. The van der Waals surface area contributed by atoms with Crippen LogP contribution >= 0.6 is 11.8 Å². The number of methoxy groups -OCH3 is 1. The second kappa shape index (κ2) is 9.93. The molecule has 2 N–H and O–H groups in total. The number of amides is 4. The molecular weight excluding hydrogens is 409 g/mol. The molecule has 156 valence electrons. The molecule has 30 heavy (non-hydrogen) atoms. The van der Waals surface area contributed by atoms with Gasteiger partial charge >= 0.3 is 6.03 Å². The van der Waals surface area contributed by atoms with Crippen LogP contribution in [-0.4, -0.2) is 42.3 Å². The standard InChI is InChI=1S/C21H20FN3O4S/c1-29-16-8-6-14(7-9-16)12-18-19(26)25(21(28)30-18)11-10-23-20(27)24-13-15-4-2-3-5-17(15)22/h2-9,12H,10-11,13H2,1H3,(H2,23,24,27)/b18-12-. The maximum absolute atomic E-state index is 13.5. The molecule has 2 aromatic carbocycles. The van der Waals surface area contributed by atoms with Crippen LogP contribution in [0.5, 0.6) is 5.75 Å². The molecule has 0 aliphatic carbocycles. The second-order valence-electron chi connectivity index (χ2n) is 6.31. The highest BCUT2D eigenvalue weighted by molar-refractivity contribution is 8.18. The molecule has 0 bridgehead atoms. The highest BCUT2D eigenvalue weighted by Gasteiger charge is 2.34. The van der Waals surface area contributed by atoms with Gasteiger partial charge in [0.05, 0.1) is 12.0 Å². The molecule has 0 unspecified atom stereocenters. The van der Waals surface area contributed by atoms with Crippen molar-refractivity contribution in [3.63, 3.8) is 0 Å². The van der Waals surface area contributed by atoms with Crippen LogP contribution in [0.25, 0.3) is 6.08 Å². The van der Waals surface area contributed by atoms with Gasteiger partial charge in [-0.05, 0) is 41.6 Å². The van der Waals surface area contributed by atoms with E-state index in [-0.39, 0.29) is 19.6 Å². The van der Waals surface area contributed by atoms with Crippen LogP contribution in [0.1, 0.15) is 11.1 Å². The Labute approximate surface area is 177 Å². The highest BCUT2D eigenvalue weighted by atomic mass is 32.2. The van der Waals surface area contributed by atoms with Crippen LogP contribution in [0.15, 0.2) is 53.4 Å². The van der Waals surface area contributed by atoms with Crippen LogP contribution in [0.2, 0.25) is 0 Å². The summed E-state index contributed by atoms with van der Waals surface area (Å²) in [7, 11) is 1.56. The van der Waals surface area contributed by atoms with E-state index in [1.165, 1.54) is 6.07 Å². The van der Waals surface area contributed by atoms with Gasteiger partial charge in [0.1, 0.15) is 11.6 Å². The van der Waals surface area contributed by atoms with Gasteiger partial charge in [-0.3, -0.25) is 14.5 Å². The van der Waals surface area contributed by atoms with Gasteiger partial charge in [-0.2, -0.15) is 0 Å². The fourth-order valence-corrected chi connectivity index (χ4v) is 3.57. The molecule has 1 fully saturated rings. The van der Waals surface area contributed by atoms with Crippen LogP contribution in [0.4, 0.5) is 14.0 Å². The molecule has 0 aromatic heterocycles. The second-order valence-corrected chi connectivity index (χ2v) is 7.30. The van der Waals surface area contributed by atoms with Crippen molar-refractivity contribution in [1.29, 1.82) is 0 Å². The zero-order chi connectivity index (χ0) is 21.5. The summed E-state index contributed by atoms with van der Waals surface area (Å²) in [4.78, 5) is 37.9. The number of imide groups is 1. The smallest absolute Gasteiger partial charge is 0.315 e. The number of urea groups is 1. The van der Waals surface area contributed by atoms with E-state index in [4.69, 9.17) is 4.74 Å². The van der Waals surface area contributed by atoms with Crippen molar-refractivity contribution in [2.24, 2.45) is 0 Å². The van der Waals surface area contributed by atoms with Crippen molar-refractivity contribution in [1.82, 2.24) is 15.5 Å². The van der Waals surface area contributed by atoms with Crippen LogP contribution in [0, 0.1) is 5.82 Å². The van der Waals surface area contributed by atoms with Crippen molar-refractivity contribution in [2.45, 2.75) is 6.54 Å². The zero-order valence-corrected chi connectivity index (χ0v) is 17.0. The predicted octanol–water partition coefficient (Wildman–Crippen LogP) is 3.37. The van der Waals surface area contributed by atoms with Crippen molar-refractivity contribution in [3.8, 4) is 5.75 Å². The number of nitrogens with zero attached hydrogens (tertiary/aromatic N) is 1. The fourth-order valence-electron chi connectivity index (χ4n) is 2.71. The molecule has 4 amide bonds. The van der Waals surface area contributed by atoms with E-state index in [2.05, 4.69) is 10.6 Å². The number of thioether (sulfide) groups is 1. The first-order valence-corrected chi connectivity index (χ1v) is 9.94. The average Bonchev–Trinajstić information content (AvgIpc) is 3.01. The van der Waals surface area contributed by atoms with Gasteiger partial charge < -0.3 is 15.4 Å². The minimum atomic E-state index is -0.515. The topological polar surface area (TPSA) is 87.7 Å². The summed E-state index contributed by atoms with van der Waals surface area (Å²) in [5, 5.41) is 4.69. The maximum Gasteiger partial charge on any atom is 0.315 e. The van der Waals surface area contributed by atoms with Gasteiger partial charge in [0.15, 0.2) is 0 Å². The molecule has 7 nitrogen and oxygen atoms in total. The Bertz CT molecular complexity index is 978. The Hall–Kier alpha value is -3.33. The van der Waals surface area contributed by atoms with Gasteiger partial charge in [0.2, 0.25) is 0 Å². The Morgan fingerprint density at radius 1 is 1.13 bits per heavy atom. The van der Waals surface area contributed by atoms with E-state index in [1.807, 2.05) is 0 Å². The molecule has 2 aromatic rings. The predicted molar refractivity (Wildman–Crippen MR) is 112 cm³/mol. The third kappa shape index (κ3) is 5.38. The molecule has 0 spiro atoms. The lowest BCUT2D eigenvalue weighted by Gasteiger charge is -2.13. The molecule has 0 radical (unpaired) electrons. The Kier molecular flexibility index (Phi) is 7.08. The average molecular weight is 429 g/mol. The number of rotatable bonds is 7. The molecule has 0 atom stereocenters. The first-order chi connectivity index (χ1) is 14.5. The summed E-state index contributed by atoms with van der Waals surface area (Å²) in [6.45, 7) is 0.152. The zero-order valence-electron chi connectivity index (χ0n) is 16.2. The number of nitrogens with one attached hydrogen (secondary N) is 2. The van der Waals surface area contributed by atoms with Gasteiger partial charge in [0.25, 0.3) is 11.1 Å². The molecule has 1 heterocycles. The molecule has 1 saturated heterocycles. The summed E-state index contributed by atoms with van der Waals surface area (Å²) in [5.74, 6) is -0.117. The SMILES string of the molecule is COc1ccc(/C=C2\SC(=O)N(CCNC(=O)NCc3ccccc3F)C2=O)cc1. The third-order valence-electron chi connectivity index (χ3n) is 4.31. The monoisotopic (exact) mass is 429 g/mol. The Morgan fingerprint density at radius 3 is 2.57 bits per heavy atom. The van der Waals surface area contributed by atoms with Gasteiger partial charge in [-0.1, -0.05) is 30.3 Å². The molecular formula is C21H20FN3O4S. The van der Waals surface area contributed by atoms with E-state index >= 15 is 0 Å². The molecule has 3 rings (SSSR count). The van der Waals surface area contributed by atoms with E-state index in [0.29, 0.717) is 16.2 Å². The number of hydrogen-bond donors (Lipinski definition) is 2. The summed E-state index contributed by atoms with van der Waals surface area (Å²) in [6.07, 6.45) is 1.64. The minimum Gasteiger partial charge on any atom is -0.497 e. The largest absolute Gasteiger partial charge is 0.497 e. The summed E-state index contributed by atoms with van der Waals surface area (Å²) >= 11 is 0.852. The van der Waals surface area contributed by atoms with Crippen LogP contribution < -0.4 is 15.4 Å². The highest BCUT2D eigenvalue weighted by Crippen LogP contribution is 2.32. The van der Waals surface area contributed by atoms with Gasteiger partial charge in [0, 0.05) is 25.2 Å². The third-order valence-corrected chi connectivity index (χ3v) is 5.21.